The second-order valence-corrected chi connectivity index (χ2v) is 7.62. The third-order valence-electron chi connectivity index (χ3n) is 5.24. The fourth-order valence-electron chi connectivity index (χ4n) is 3.67. The van der Waals surface area contributed by atoms with Crippen LogP contribution in [-0.2, 0) is 14.3 Å². The summed E-state index contributed by atoms with van der Waals surface area (Å²) in [7, 11) is 1.29. The Balaban J connectivity index is 1.61. The summed E-state index contributed by atoms with van der Waals surface area (Å²) in [5.74, 6) is -2.80. The quantitative estimate of drug-likeness (QED) is 0.602. The number of likely N-dealkylation sites (tertiary alicyclic amines) is 1. The van der Waals surface area contributed by atoms with Crippen LogP contribution in [0.2, 0.25) is 0 Å². The molecule has 9 heteroatoms. The van der Waals surface area contributed by atoms with Crippen LogP contribution in [0.15, 0.2) is 54.6 Å². The van der Waals surface area contributed by atoms with Crippen LogP contribution in [0.3, 0.4) is 0 Å². The van der Waals surface area contributed by atoms with E-state index in [9.17, 15) is 28.7 Å². The summed E-state index contributed by atoms with van der Waals surface area (Å²) >= 11 is 0. The molecule has 1 unspecified atom stereocenters. The van der Waals surface area contributed by atoms with Gasteiger partial charge in [-0.25, -0.2) is 9.18 Å². The first-order chi connectivity index (χ1) is 15.2. The Bertz CT molecular complexity index is 1010. The molecule has 32 heavy (non-hydrogen) atoms. The standard InChI is InChI=1S/C23H23FN2O6/c1-32-14-23(24)11-18(22(30)31)26(13-23)19(27)12-25-21(29)17-9-7-16(8-10-17)20(28)15-5-3-2-4-6-15/h2-10,18H,11-14H2,1H3,(H,25,29)(H,30,31)/t18-,23?/m1/s1. The highest BCUT2D eigenvalue weighted by molar-refractivity contribution is 6.09. The minimum Gasteiger partial charge on any atom is -0.480 e. The Morgan fingerprint density at radius 1 is 1.06 bits per heavy atom. The van der Waals surface area contributed by atoms with Gasteiger partial charge in [0.05, 0.1) is 19.7 Å². The topological polar surface area (TPSA) is 113 Å². The van der Waals surface area contributed by atoms with E-state index in [1.807, 2.05) is 0 Å². The number of ether oxygens (including phenoxy) is 1. The molecule has 0 bridgehead atoms. The summed E-state index contributed by atoms with van der Waals surface area (Å²) < 4.78 is 19.5. The van der Waals surface area contributed by atoms with Crippen LogP contribution < -0.4 is 5.32 Å². The van der Waals surface area contributed by atoms with Crippen molar-refractivity contribution in [2.24, 2.45) is 0 Å². The summed E-state index contributed by atoms with van der Waals surface area (Å²) in [6.07, 6.45) is -0.382. The molecule has 0 radical (unpaired) electrons. The van der Waals surface area contributed by atoms with Crippen molar-refractivity contribution in [1.29, 1.82) is 0 Å². The summed E-state index contributed by atoms with van der Waals surface area (Å²) in [6, 6.07) is 13.3. The van der Waals surface area contributed by atoms with Crippen molar-refractivity contribution < 1.29 is 33.4 Å². The molecule has 2 aromatic rings. The SMILES string of the molecule is COCC1(F)C[C@H](C(=O)O)N(C(=O)CNC(=O)c2ccc(C(=O)c3ccccc3)cc2)C1. The monoisotopic (exact) mass is 442 g/mol. The molecule has 8 nitrogen and oxygen atoms in total. The van der Waals surface area contributed by atoms with Crippen molar-refractivity contribution in [3.05, 3.63) is 71.3 Å². The molecular formula is C23H23FN2O6. The van der Waals surface area contributed by atoms with Crippen molar-refractivity contribution in [3.63, 3.8) is 0 Å². The van der Waals surface area contributed by atoms with Gasteiger partial charge in [-0.3, -0.25) is 14.4 Å². The first kappa shape index (κ1) is 23.1. The molecule has 2 N–H and O–H groups in total. The zero-order chi connectivity index (χ0) is 23.3. The minimum atomic E-state index is -1.96. The highest BCUT2D eigenvalue weighted by Gasteiger charge is 2.49. The molecule has 2 atom stereocenters. The van der Waals surface area contributed by atoms with Gasteiger partial charge in [-0.2, -0.15) is 0 Å². The molecule has 168 valence electrons. The number of aliphatic carboxylic acids is 1. The van der Waals surface area contributed by atoms with Crippen LogP contribution in [0.1, 0.15) is 32.7 Å². The van der Waals surface area contributed by atoms with E-state index in [1.54, 1.807) is 30.3 Å². The highest BCUT2D eigenvalue weighted by Crippen LogP contribution is 2.31. The Kier molecular flexibility index (Phi) is 6.99. The van der Waals surface area contributed by atoms with Crippen LogP contribution in [0.25, 0.3) is 0 Å². The van der Waals surface area contributed by atoms with E-state index in [1.165, 1.54) is 31.4 Å². The number of hydrogen-bond acceptors (Lipinski definition) is 5. The predicted molar refractivity (Wildman–Crippen MR) is 112 cm³/mol. The van der Waals surface area contributed by atoms with Crippen molar-refractivity contribution in [2.45, 2.75) is 18.1 Å². The van der Waals surface area contributed by atoms with Crippen LogP contribution in [-0.4, -0.2) is 72.1 Å². The third-order valence-corrected chi connectivity index (χ3v) is 5.24. The number of rotatable bonds is 8. The van der Waals surface area contributed by atoms with E-state index in [4.69, 9.17) is 4.74 Å². The zero-order valence-corrected chi connectivity index (χ0v) is 17.4. The van der Waals surface area contributed by atoms with E-state index >= 15 is 0 Å². The molecule has 1 saturated heterocycles. The number of hydrogen-bond donors (Lipinski definition) is 2. The molecule has 0 aliphatic carbocycles. The van der Waals surface area contributed by atoms with E-state index in [0.29, 0.717) is 11.1 Å². The summed E-state index contributed by atoms with van der Waals surface area (Å²) in [4.78, 5) is 49.7. The van der Waals surface area contributed by atoms with Crippen LogP contribution in [0, 0.1) is 0 Å². The molecule has 1 aliphatic heterocycles. The number of carboxylic acid groups (broad SMARTS) is 1. The lowest BCUT2D eigenvalue weighted by molar-refractivity contribution is -0.147. The normalized spacial score (nSPS) is 20.1. The van der Waals surface area contributed by atoms with Gasteiger partial charge in [-0.15, -0.1) is 0 Å². The van der Waals surface area contributed by atoms with Crippen LogP contribution in [0.4, 0.5) is 4.39 Å². The van der Waals surface area contributed by atoms with Gasteiger partial charge < -0.3 is 20.1 Å². The minimum absolute atomic E-state index is 0.188. The predicted octanol–water partition coefficient (Wildman–Crippen LogP) is 1.69. The molecule has 1 heterocycles. The molecule has 1 aliphatic rings. The molecule has 2 amide bonds. The lowest BCUT2D eigenvalue weighted by Crippen LogP contribution is -2.46. The van der Waals surface area contributed by atoms with Crippen LogP contribution in [0.5, 0.6) is 0 Å². The maximum Gasteiger partial charge on any atom is 0.326 e. The maximum atomic E-state index is 14.7. The number of nitrogens with zero attached hydrogens (tertiary/aromatic N) is 1. The number of methoxy groups -OCH3 is 1. The second kappa shape index (κ2) is 9.69. The highest BCUT2D eigenvalue weighted by atomic mass is 19.1. The van der Waals surface area contributed by atoms with Crippen molar-refractivity contribution in [2.75, 3.05) is 26.8 Å². The Hall–Kier alpha value is -3.59. The lowest BCUT2D eigenvalue weighted by Gasteiger charge is -2.22. The number of carboxylic acids is 1. The van der Waals surface area contributed by atoms with E-state index in [0.717, 1.165) is 4.90 Å². The molecular weight excluding hydrogens is 419 g/mol. The second-order valence-electron chi connectivity index (χ2n) is 7.62. The van der Waals surface area contributed by atoms with E-state index in [2.05, 4.69) is 5.32 Å². The van der Waals surface area contributed by atoms with Gasteiger partial charge in [0.15, 0.2) is 11.5 Å². The van der Waals surface area contributed by atoms with E-state index in [-0.39, 0.29) is 24.4 Å². The van der Waals surface area contributed by atoms with Crippen LogP contribution >= 0.6 is 0 Å². The number of nitrogens with one attached hydrogen (secondary N) is 1. The van der Waals surface area contributed by atoms with Gasteiger partial charge >= 0.3 is 5.97 Å². The van der Waals surface area contributed by atoms with Gasteiger partial charge in [0, 0.05) is 30.2 Å². The van der Waals surface area contributed by atoms with Gasteiger partial charge in [0.1, 0.15) is 6.04 Å². The maximum absolute atomic E-state index is 14.7. The average Bonchev–Trinajstić information content (AvgIpc) is 3.15. The summed E-state index contributed by atoms with van der Waals surface area (Å²) in [5, 5.41) is 11.7. The smallest absolute Gasteiger partial charge is 0.326 e. The average molecular weight is 442 g/mol. The number of alkyl halides is 1. The van der Waals surface area contributed by atoms with Crippen molar-refractivity contribution in [3.8, 4) is 0 Å². The summed E-state index contributed by atoms with van der Waals surface area (Å²) in [6.45, 7) is -1.25. The van der Waals surface area contributed by atoms with Gasteiger partial charge in [-0.1, -0.05) is 42.5 Å². The number of carbonyl (C=O) groups is 4. The zero-order valence-electron chi connectivity index (χ0n) is 17.4. The number of ketones is 1. The molecule has 1 fully saturated rings. The van der Waals surface area contributed by atoms with Crippen molar-refractivity contribution in [1.82, 2.24) is 10.2 Å². The molecule has 0 spiro atoms. The third kappa shape index (κ3) is 5.17. The first-order valence-corrected chi connectivity index (χ1v) is 9.92. The number of benzene rings is 2. The molecule has 0 saturated carbocycles. The fourth-order valence-corrected chi connectivity index (χ4v) is 3.67. The lowest BCUT2D eigenvalue weighted by atomic mass is 10.0. The van der Waals surface area contributed by atoms with Gasteiger partial charge in [0.25, 0.3) is 5.91 Å². The first-order valence-electron chi connectivity index (χ1n) is 9.92. The molecule has 3 rings (SSSR count). The fraction of sp³-hybridized carbons (Fsp3) is 0.304. The van der Waals surface area contributed by atoms with Gasteiger partial charge in [0.2, 0.25) is 5.91 Å². The van der Waals surface area contributed by atoms with E-state index < -0.39 is 42.6 Å². The summed E-state index contributed by atoms with van der Waals surface area (Å²) in [5.41, 5.74) is -0.815. The van der Waals surface area contributed by atoms with Gasteiger partial charge in [-0.05, 0) is 12.1 Å². The number of halogens is 1. The Morgan fingerprint density at radius 2 is 1.66 bits per heavy atom. The largest absolute Gasteiger partial charge is 0.480 e. The van der Waals surface area contributed by atoms with Crippen molar-refractivity contribution >= 4 is 23.6 Å². The Labute approximate surface area is 184 Å². The number of amides is 2. The molecule has 2 aromatic carbocycles. The molecule has 0 aromatic heterocycles. The number of carbonyl (C=O) groups excluding carboxylic acids is 3. The Morgan fingerprint density at radius 3 is 2.25 bits per heavy atom.